The summed E-state index contributed by atoms with van der Waals surface area (Å²) in [5.74, 6) is 1.06. The molecule has 0 saturated heterocycles. The summed E-state index contributed by atoms with van der Waals surface area (Å²) in [7, 11) is 0. The van der Waals surface area contributed by atoms with E-state index in [0.29, 0.717) is 5.75 Å². The molecule has 0 amide bonds. The van der Waals surface area contributed by atoms with E-state index in [4.69, 9.17) is 4.74 Å². The van der Waals surface area contributed by atoms with Crippen molar-refractivity contribution in [1.29, 1.82) is 0 Å². The Morgan fingerprint density at radius 1 is 0.750 bits per heavy atom. The first-order valence-corrected chi connectivity index (χ1v) is 12.0. The molecule has 1 rings (SSSR count). The maximum absolute atomic E-state index is 10.8. The van der Waals surface area contributed by atoms with Gasteiger partial charge in [-0.3, -0.25) is 0 Å². The van der Waals surface area contributed by atoms with Crippen LogP contribution in [-0.4, -0.2) is 10.7 Å². The maximum Gasteiger partial charge on any atom is 0.165 e. The van der Waals surface area contributed by atoms with E-state index in [2.05, 4.69) is 47.6 Å². The van der Waals surface area contributed by atoms with Crippen LogP contribution in [0.5, 0.6) is 11.5 Å². The van der Waals surface area contributed by atoms with Gasteiger partial charge in [0.15, 0.2) is 11.5 Å². The molecule has 28 heavy (non-hydrogen) atoms. The van der Waals surface area contributed by atoms with Gasteiger partial charge in [0.25, 0.3) is 0 Å². The van der Waals surface area contributed by atoms with Gasteiger partial charge in [-0.2, -0.15) is 0 Å². The number of benzene rings is 1. The molecule has 2 heteroatoms. The summed E-state index contributed by atoms with van der Waals surface area (Å²) in [5.41, 5.74) is 1.12. The van der Waals surface area contributed by atoms with E-state index >= 15 is 0 Å². The van der Waals surface area contributed by atoms with E-state index in [9.17, 15) is 5.11 Å². The van der Waals surface area contributed by atoms with Crippen molar-refractivity contribution in [3.05, 3.63) is 23.8 Å². The van der Waals surface area contributed by atoms with E-state index in [1.807, 2.05) is 6.07 Å². The van der Waals surface area contributed by atoms with E-state index < -0.39 is 0 Å². The lowest BCUT2D eigenvalue weighted by Crippen LogP contribution is -2.36. The second-order valence-corrected chi connectivity index (χ2v) is 8.55. The van der Waals surface area contributed by atoms with Crippen molar-refractivity contribution in [2.45, 2.75) is 130 Å². The molecule has 0 saturated carbocycles. The van der Waals surface area contributed by atoms with Crippen LogP contribution in [0.4, 0.5) is 0 Å². The van der Waals surface area contributed by atoms with Gasteiger partial charge in [0, 0.05) is 5.56 Å². The Labute approximate surface area is 175 Å². The number of phenols is 1. The lowest BCUT2D eigenvalue weighted by atomic mass is 9.71. The summed E-state index contributed by atoms with van der Waals surface area (Å²) in [5, 5.41) is 10.8. The maximum atomic E-state index is 10.8. The number of phenolic OH excluding ortho intramolecular Hbond substituents is 1. The first kappa shape index (κ1) is 24.9. The van der Waals surface area contributed by atoms with Gasteiger partial charge in [0.2, 0.25) is 0 Å². The van der Waals surface area contributed by atoms with Crippen LogP contribution in [0.1, 0.15) is 124 Å². The number of para-hydroxylation sites is 1. The topological polar surface area (TPSA) is 29.5 Å². The highest BCUT2D eigenvalue weighted by molar-refractivity contribution is 5.50. The molecule has 162 valence electrons. The predicted octanol–water partition coefficient (Wildman–Crippen LogP) is 8.55. The van der Waals surface area contributed by atoms with Gasteiger partial charge in [-0.15, -0.1) is 0 Å². The lowest BCUT2D eigenvalue weighted by molar-refractivity contribution is 0.0428. The number of rotatable bonds is 15. The Morgan fingerprint density at radius 3 is 1.82 bits per heavy atom. The second kappa shape index (κ2) is 12.4. The van der Waals surface area contributed by atoms with Crippen LogP contribution >= 0.6 is 0 Å². The smallest absolute Gasteiger partial charge is 0.165 e. The number of unbranched alkanes of at least 4 members (excludes halogenated alkanes) is 4. The largest absolute Gasteiger partial charge is 0.504 e. The van der Waals surface area contributed by atoms with Crippen LogP contribution in [0.15, 0.2) is 18.2 Å². The molecule has 1 aromatic rings. The van der Waals surface area contributed by atoms with E-state index in [0.717, 1.165) is 44.3 Å². The monoisotopic (exact) mass is 390 g/mol. The molecule has 0 aliphatic carbocycles. The summed E-state index contributed by atoms with van der Waals surface area (Å²) in [4.78, 5) is 0. The van der Waals surface area contributed by atoms with Crippen molar-refractivity contribution in [3.8, 4) is 11.5 Å². The fourth-order valence-corrected chi connectivity index (χ4v) is 4.59. The normalized spacial score (nSPS) is 12.4. The predicted molar refractivity (Wildman–Crippen MR) is 123 cm³/mol. The van der Waals surface area contributed by atoms with Crippen LogP contribution in [0.2, 0.25) is 0 Å². The summed E-state index contributed by atoms with van der Waals surface area (Å²) in [6, 6.07) is 5.99. The van der Waals surface area contributed by atoms with E-state index in [1.54, 1.807) is 6.07 Å². The number of hydrogen-bond acceptors (Lipinski definition) is 2. The Balaban J connectivity index is 3.31. The molecule has 0 fully saturated rings. The Morgan fingerprint density at radius 2 is 1.32 bits per heavy atom. The molecule has 0 bridgehead atoms. The SMILES string of the molecule is CCCCCC(CC)(CC)Oc1c(O)cccc1C(CC)(CC)CCCCC. The van der Waals surface area contributed by atoms with Gasteiger partial charge in [0.05, 0.1) is 0 Å². The minimum Gasteiger partial charge on any atom is -0.504 e. The fourth-order valence-electron chi connectivity index (χ4n) is 4.59. The molecule has 2 nitrogen and oxygen atoms in total. The first-order chi connectivity index (χ1) is 13.5. The van der Waals surface area contributed by atoms with Crippen molar-refractivity contribution in [2.24, 2.45) is 0 Å². The molecule has 0 aliphatic rings. The lowest BCUT2D eigenvalue weighted by Gasteiger charge is -2.38. The Bertz CT molecular complexity index is 541. The zero-order valence-corrected chi connectivity index (χ0v) is 19.6. The molecular weight excluding hydrogens is 344 g/mol. The zero-order valence-electron chi connectivity index (χ0n) is 19.6. The van der Waals surface area contributed by atoms with Crippen LogP contribution in [0, 0.1) is 0 Å². The molecule has 1 aromatic carbocycles. The van der Waals surface area contributed by atoms with Gasteiger partial charge in [0.1, 0.15) is 5.60 Å². The van der Waals surface area contributed by atoms with Gasteiger partial charge in [-0.25, -0.2) is 0 Å². The molecule has 0 aliphatic heterocycles. The summed E-state index contributed by atoms with van der Waals surface area (Å²) < 4.78 is 6.77. The highest BCUT2D eigenvalue weighted by Crippen LogP contribution is 2.47. The quantitative estimate of drug-likeness (QED) is 0.304. The first-order valence-electron chi connectivity index (χ1n) is 12.0. The van der Waals surface area contributed by atoms with Crippen LogP contribution in [0.25, 0.3) is 0 Å². The number of aromatic hydroxyl groups is 1. The van der Waals surface area contributed by atoms with Crippen molar-refractivity contribution < 1.29 is 9.84 Å². The van der Waals surface area contributed by atoms with Gasteiger partial charge >= 0.3 is 0 Å². The Kier molecular flexibility index (Phi) is 11.0. The number of hydrogen-bond donors (Lipinski definition) is 1. The zero-order chi connectivity index (χ0) is 21.0. The van der Waals surface area contributed by atoms with Gasteiger partial charge in [-0.05, 0) is 56.4 Å². The highest BCUT2D eigenvalue weighted by atomic mass is 16.5. The Hall–Kier alpha value is -1.18. The van der Waals surface area contributed by atoms with Crippen LogP contribution in [-0.2, 0) is 5.41 Å². The van der Waals surface area contributed by atoms with E-state index in [1.165, 1.54) is 44.1 Å². The van der Waals surface area contributed by atoms with Crippen LogP contribution < -0.4 is 4.74 Å². The number of ether oxygens (including phenoxy) is 1. The fraction of sp³-hybridized carbons (Fsp3) is 0.769. The summed E-state index contributed by atoms with van der Waals surface area (Å²) >= 11 is 0. The molecule has 0 atom stereocenters. The molecule has 0 unspecified atom stereocenters. The van der Waals surface area contributed by atoms with Crippen molar-refractivity contribution in [2.75, 3.05) is 0 Å². The average Bonchev–Trinajstić information content (AvgIpc) is 2.72. The molecular formula is C26H46O2. The van der Waals surface area contributed by atoms with E-state index in [-0.39, 0.29) is 11.0 Å². The minimum atomic E-state index is -0.181. The van der Waals surface area contributed by atoms with Crippen molar-refractivity contribution in [1.82, 2.24) is 0 Å². The van der Waals surface area contributed by atoms with Crippen LogP contribution in [0.3, 0.4) is 0 Å². The highest BCUT2D eigenvalue weighted by Gasteiger charge is 2.36. The molecule has 0 spiro atoms. The standard InChI is InChI=1S/C26H46O2/c1-7-13-15-20-25(9-3,10-4)22-18-17-19-23(27)24(22)28-26(11-5,12-6)21-16-14-8-2/h17-19,27H,7-16,20-21H2,1-6H3. The van der Waals surface area contributed by atoms with Gasteiger partial charge in [-0.1, -0.05) is 85.8 Å². The van der Waals surface area contributed by atoms with Gasteiger partial charge < -0.3 is 9.84 Å². The molecule has 1 N–H and O–H groups in total. The third-order valence-electron chi connectivity index (χ3n) is 7.02. The third kappa shape index (κ3) is 6.16. The minimum absolute atomic E-state index is 0.0832. The molecule has 0 heterocycles. The van der Waals surface area contributed by atoms with Crippen molar-refractivity contribution >= 4 is 0 Å². The molecule has 0 aromatic heterocycles. The molecule has 0 radical (unpaired) electrons. The van der Waals surface area contributed by atoms with Crippen molar-refractivity contribution in [3.63, 3.8) is 0 Å². The second-order valence-electron chi connectivity index (χ2n) is 8.55. The average molecular weight is 391 g/mol. The summed E-state index contributed by atoms with van der Waals surface area (Å²) in [6.45, 7) is 13.5. The summed E-state index contributed by atoms with van der Waals surface area (Å²) in [6.07, 6.45) is 13.7. The third-order valence-corrected chi connectivity index (χ3v) is 7.02.